The van der Waals surface area contributed by atoms with E-state index >= 15 is 0 Å². The number of rotatable bonds is 4. The van der Waals surface area contributed by atoms with E-state index in [4.69, 9.17) is 17.3 Å². The Morgan fingerprint density at radius 1 is 1.56 bits per heavy atom. The van der Waals surface area contributed by atoms with Crippen LogP contribution in [0.5, 0.6) is 0 Å². The predicted molar refractivity (Wildman–Crippen MR) is 64.3 cm³/mol. The van der Waals surface area contributed by atoms with Crippen molar-refractivity contribution in [3.05, 3.63) is 39.2 Å². The Morgan fingerprint density at radius 2 is 2.33 bits per heavy atom. The van der Waals surface area contributed by atoms with Crippen LogP contribution in [0.25, 0.3) is 0 Å². The van der Waals surface area contributed by atoms with E-state index in [1.165, 1.54) is 12.3 Å². The third kappa shape index (κ3) is 2.66. The largest absolute Gasteiger partial charge is 0.366 e. The fourth-order valence-corrected chi connectivity index (χ4v) is 1.49. The van der Waals surface area contributed by atoms with Gasteiger partial charge in [-0.05, 0) is 6.07 Å². The maximum absolute atomic E-state index is 10.9. The zero-order valence-corrected chi connectivity index (χ0v) is 9.78. The highest BCUT2D eigenvalue weighted by Crippen LogP contribution is 2.20. The van der Waals surface area contributed by atoms with Gasteiger partial charge in [-0.1, -0.05) is 11.6 Å². The zero-order chi connectivity index (χ0) is 13.1. The first-order valence-corrected chi connectivity index (χ1v) is 5.27. The van der Waals surface area contributed by atoms with E-state index in [0.717, 1.165) is 0 Å². The molecule has 0 bridgehead atoms. The van der Waals surface area contributed by atoms with Gasteiger partial charge in [0.1, 0.15) is 11.6 Å². The van der Waals surface area contributed by atoms with Crippen LogP contribution >= 0.6 is 11.6 Å². The normalized spacial score (nSPS) is 10.3. The maximum Gasteiger partial charge on any atom is 0.340 e. The Bertz CT molecular complexity index is 634. The van der Waals surface area contributed by atoms with Gasteiger partial charge in [0, 0.05) is 6.20 Å². The number of hydrogen-bond acceptors (Lipinski definition) is 5. The molecule has 1 amide bonds. The summed E-state index contributed by atoms with van der Waals surface area (Å²) >= 11 is 5.91. The van der Waals surface area contributed by atoms with Crippen LogP contribution in [0.1, 0.15) is 16.2 Å². The molecule has 2 aromatic rings. The fraction of sp³-hybridized carbons (Fsp3) is 0.111. The van der Waals surface area contributed by atoms with E-state index in [0.29, 0.717) is 11.6 Å². The third-order valence-corrected chi connectivity index (χ3v) is 2.39. The number of carbonyl (C=O) groups is 1. The number of hydrogen-bond donors (Lipinski definition) is 4. The fourth-order valence-electron chi connectivity index (χ4n) is 1.26. The summed E-state index contributed by atoms with van der Waals surface area (Å²) in [6, 6.07) is 1.41. The molecule has 0 saturated heterocycles. The summed E-state index contributed by atoms with van der Waals surface area (Å²) in [5, 5.41) is 9.05. The van der Waals surface area contributed by atoms with Crippen LogP contribution in [0.15, 0.2) is 17.1 Å². The number of nitrogens with zero attached hydrogens (tertiary/aromatic N) is 2. The van der Waals surface area contributed by atoms with Crippen LogP contribution in [0.4, 0.5) is 5.82 Å². The molecule has 9 heteroatoms. The van der Waals surface area contributed by atoms with Crippen molar-refractivity contribution in [3.63, 3.8) is 0 Å². The quantitative estimate of drug-likeness (QED) is 0.613. The topological polar surface area (TPSA) is 130 Å². The van der Waals surface area contributed by atoms with Gasteiger partial charge >= 0.3 is 5.69 Å². The number of carbonyl (C=O) groups excluding carboxylic acids is 1. The molecule has 2 heterocycles. The van der Waals surface area contributed by atoms with Gasteiger partial charge in [0.2, 0.25) is 5.91 Å². The van der Waals surface area contributed by atoms with E-state index in [1.807, 2.05) is 0 Å². The monoisotopic (exact) mass is 268 g/mol. The van der Waals surface area contributed by atoms with Crippen molar-refractivity contribution in [3.8, 4) is 0 Å². The molecular weight excluding hydrogens is 260 g/mol. The van der Waals surface area contributed by atoms with Crippen molar-refractivity contribution >= 4 is 23.3 Å². The first-order chi connectivity index (χ1) is 8.56. The molecule has 5 N–H and O–H groups in total. The molecule has 2 aromatic heterocycles. The summed E-state index contributed by atoms with van der Waals surface area (Å²) in [6.45, 7) is 0.237. The van der Waals surface area contributed by atoms with Crippen LogP contribution < -0.4 is 16.7 Å². The third-order valence-electron chi connectivity index (χ3n) is 2.10. The molecule has 0 atom stereocenters. The summed E-state index contributed by atoms with van der Waals surface area (Å²) in [4.78, 5) is 28.1. The lowest BCUT2D eigenvalue weighted by Crippen LogP contribution is -2.12. The molecule has 8 nitrogen and oxygen atoms in total. The molecule has 18 heavy (non-hydrogen) atoms. The number of aromatic nitrogens is 4. The predicted octanol–water partition coefficient (Wildman–Crippen LogP) is -0.143. The molecule has 2 rings (SSSR count). The van der Waals surface area contributed by atoms with E-state index in [-0.39, 0.29) is 17.1 Å². The van der Waals surface area contributed by atoms with Gasteiger partial charge in [0.15, 0.2) is 0 Å². The summed E-state index contributed by atoms with van der Waals surface area (Å²) in [5.41, 5.74) is 4.92. The summed E-state index contributed by atoms with van der Waals surface area (Å²) < 4.78 is 0. The minimum atomic E-state index is -0.604. The van der Waals surface area contributed by atoms with E-state index in [1.54, 1.807) is 0 Å². The minimum Gasteiger partial charge on any atom is -0.366 e. The molecule has 0 aromatic carbocycles. The van der Waals surface area contributed by atoms with E-state index in [9.17, 15) is 9.59 Å². The Morgan fingerprint density at radius 3 is 2.89 bits per heavy atom. The molecule has 0 saturated carbocycles. The van der Waals surface area contributed by atoms with Crippen LogP contribution in [0.3, 0.4) is 0 Å². The van der Waals surface area contributed by atoms with Gasteiger partial charge < -0.3 is 11.1 Å². The second kappa shape index (κ2) is 4.88. The number of anilines is 1. The molecule has 0 aliphatic heterocycles. The van der Waals surface area contributed by atoms with Gasteiger partial charge in [-0.25, -0.2) is 14.9 Å². The molecule has 94 valence electrons. The molecule has 0 aliphatic rings. The Labute approximate surface area is 106 Å². The van der Waals surface area contributed by atoms with Gasteiger partial charge in [-0.3, -0.25) is 9.78 Å². The van der Waals surface area contributed by atoms with Crippen LogP contribution in [-0.4, -0.2) is 26.1 Å². The van der Waals surface area contributed by atoms with Crippen molar-refractivity contribution in [1.82, 2.24) is 20.2 Å². The lowest BCUT2D eigenvalue weighted by Gasteiger charge is -2.06. The highest BCUT2D eigenvalue weighted by molar-refractivity contribution is 6.33. The van der Waals surface area contributed by atoms with Crippen molar-refractivity contribution in [1.29, 1.82) is 0 Å². The highest BCUT2D eigenvalue weighted by atomic mass is 35.5. The van der Waals surface area contributed by atoms with E-state index < -0.39 is 11.6 Å². The Kier molecular flexibility index (Phi) is 3.28. The molecule has 0 fully saturated rings. The number of primary amides is 1. The number of nitrogens with two attached hydrogens (primary N) is 1. The minimum absolute atomic E-state index is 0.221. The smallest absolute Gasteiger partial charge is 0.340 e. The average molecular weight is 269 g/mol. The second-order valence-corrected chi connectivity index (χ2v) is 3.80. The van der Waals surface area contributed by atoms with Gasteiger partial charge in [0.25, 0.3) is 0 Å². The van der Waals surface area contributed by atoms with Crippen molar-refractivity contribution in [2.45, 2.75) is 6.54 Å². The summed E-state index contributed by atoms with van der Waals surface area (Å²) in [6.07, 6.45) is 1.31. The second-order valence-electron chi connectivity index (χ2n) is 3.40. The van der Waals surface area contributed by atoms with Crippen molar-refractivity contribution in [2.75, 3.05) is 5.32 Å². The summed E-state index contributed by atoms with van der Waals surface area (Å²) in [7, 11) is 0. The van der Waals surface area contributed by atoms with Crippen LogP contribution in [0.2, 0.25) is 5.02 Å². The average Bonchev–Trinajstić information content (AvgIpc) is 2.73. The first-order valence-electron chi connectivity index (χ1n) is 4.89. The van der Waals surface area contributed by atoms with Crippen molar-refractivity contribution in [2.24, 2.45) is 5.73 Å². The molecule has 0 spiro atoms. The maximum atomic E-state index is 10.9. The Balaban J connectivity index is 2.10. The SMILES string of the molecule is NC(=O)c1cnc(NCc2n[nH]c(=O)[nH]2)c(Cl)c1. The lowest BCUT2D eigenvalue weighted by atomic mass is 10.3. The zero-order valence-electron chi connectivity index (χ0n) is 9.03. The van der Waals surface area contributed by atoms with Crippen molar-refractivity contribution < 1.29 is 4.79 Å². The number of nitrogens with one attached hydrogen (secondary N) is 3. The number of H-pyrrole nitrogens is 2. The lowest BCUT2D eigenvalue weighted by molar-refractivity contribution is 0.1000. The number of halogens is 1. The number of pyridine rings is 1. The van der Waals surface area contributed by atoms with Gasteiger partial charge in [-0.15, -0.1) is 0 Å². The number of amides is 1. The van der Waals surface area contributed by atoms with Gasteiger partial charge in [0.05, 0.1) is 17.1 Å². The first kappa shape index (κ1) is 12.1. The van der Waals surface area contributed by atoms with Crippen LogP contribution in [-0.2, 0) is 6.54 Å². The molecule has 0 aliphatic carbocycles. The standard InChI is InChI=1S/C9H9ClN6O2/c10-5-1-4(7(11)17)2-12-8(5)13-3-6-14-9(18)16-15-6/h1-2H,3H2,(H2,11,17)(H,12,13)(H2,14,15,16,18). The number of aromatic amines is 2. The molecule has 0 unspecified atom stereocenters. The van der Waals surface area contributed by atoms with Gasteiger partial charge in [-0.2, -0.15) is 5.10 Å². The summed E-state index contributed by atoms with van der Waals surface area (Å²) in [5.74, 6) is 0.176. The molecular formula is C9H9ClN6O2. The Hall–Kier alpha value is -2.35. The van der Waals surface area contributed by atoms with E-state index in [2.05, 4.69) is 25.5 Å². The molecule has 0 radical (unpaired) electrons. The van der Waals surface area contributed by atoms with Crippen LogP contribution in [0, 0.1) is 0 Å². The highest BCUT2D eigenvalue weighted by Gasteiger charge is 2.07.